The third-order valence-corrected chi connectivity index (χ3v) is 3.85. The number of benzene rings is 1. The molecule has 0 saturated heterocycles. The Morgan fingerprint density at radius 1 is 1.46 bits per heavy atom. The number of hydrogen-bond acceptors (Lipinski definition) is 5. The molecule has 0 aliphatic heterocycles. The Bertz CT molecular complexity index is 740. The zero-order valence-electron chi connectivity index (χ0n) is 13.4. The van der Waals surface area contributed by atoms with Crippen molar-refractivity contribution >= 4 is 23.8 Å². The molecule has 0 saturated carbocycles. The summed E-state index contributed by atoms with van der Waals surface area (Å²) < 4.78 is 5.55. The van der Waals surface area contributed by atoms with Gasteiger partial charge in [0, 0.05) is 12.0 Å². The highest BCUT2D eigenvalue weighted by Crippen LogP contribution is 2.29. The maximum absolute atomic E-state index is 11.6. The average molecular weight is 345 g/mol. The number of carboxylic acids is 1. The van der Waals surface area contributed by atoms with Crippen LogP contribution in [-0.2, 0) is 11.2 Å². The van der Waals surface area contributed by atoms with Crippen molar-refractivity contribution in [1.82, 2.24) is 15.2 Å². The van der Waals surface area contributed by atoms with Crippen molar-refractivity contribution in [2.45, 2.75) is 24.9 Å². The average Bonchev–Trinajstić information content (AvgIpc) is 3.01. The van der Waals surface area contributed by atoms with Crippen molar-refractivity contribution in [3.63, 3.8) is 0 Å². The van der Waals surface area contributed by atoms with Crippen molar-refractivity contribution in [2.24, 2.45) is 0 Å². The number of nitrogens with one attached hydrogen (secondary N) is 1. The van der Waals surface area contributed by atoms with Crippen LogP contribution in [0.4, 0.5) is 0 Å². The molecule has 0 unspecified atom stereocenters. The highest BCUT2D eigenvalue weighted by atomic mass is 32.2. The van der Waals surface area contributed by atoms with Crippen LogP contribution in [-0.4, -0.2) is 32.9 Å². The molecular formula is C17H19N3O3S. The van der Waals surface area contributed by atoms with Crippen LogP contribution >= 0.6 is 11.8 Å². The lowest BCUT2D eigenvalue weighted by atomic mass is 10.2. The smallest absolute Gasteiger partial charge is 0.342 e. The molecule has 0 spiro atoms. The fourth-order valence-electron chi connectivity index (χ4n) is 1.93. The SMILES string of the molecule is C=CCOc1ccccc1/C=C(\Sc1n[nH]c(CCC)n1)C(=O)O. The largest absolute Gasteiger partial charge is 0.489 e. The van der Waals surface area contributed by atoms with Crippen molar-refractivity contribution in [3.8, 4) is 5.75 Å². The lowest BCUT2D eigenvalue weighted by Gasteiger charge is -2.07. The summed E-state index contributed by atoms with van der Waals surface area (Å²) in [5.74, 6) is 0.304. The first kappa shape index (κ1) is 17.8. The summed E-state index contributed by atoms with van der Waals surface area (Å²) in [6, 6.07) is 7.23. The van der Waals surface area contributed by atoms with Gasteiger partial charge in [-0.25, -0.2) is 9.78 Å². The number of carbonyl (C=O) groups is 1. The van der Waals surface area contributed by atoms with E-state index >= 15 is 0 Å². The molecule has 2 rings (SSSR count). The van der Waals surface area contributed by atoms with Crippen LogP contribution in [0.1, 0.15) is 24.7 Å². The molecule has 7 heteroatoms. The third kappa shape index (κ3) is 4.99. The number of aliphatic carboxylic acids is 1. The molecule has 0 atom stereocenters. The standard InChI is InChI=1S/C17H19N3O3S/c1-3-7-15-18-17(20-19-15)24-14(16(21)22)11-12-8-5-6-9-13(12)23-10-4-2/h4-6,8-9,11H,2-3,7,10H2,1H3,(H,21,22)(H,18,19,20)/b14-11-. The summed E-state index contributed by atoms with van der Waals surface area (Å²) in [7, 11) is 0. The molecule has 1 heterocycles. The fourth-order valence-corrected chi connectivity index (χ4v) is 2.64. The topological polar surface area (TPSA) is 88.1 Å². The first-order valence-corrected chi connectivity index (χ1v) is 8.32. The number of ether oxygens (including phenoxy) is 1. The second-order valence-electron chi connectivity index (χ2n) is 4.87. The predicted octanol–water partition coefficient (Wildman–Crippen LogP) is 3.54. The zero-order valence-corrected chi connectivity index (χ0v) is 14.2. The maximum Gasteiger partial charge on any atom is 0.342 e. The Kier molecular flexibility index (Phi) is 6.62. The van der Waals surface area contributed by atoms with Gasteiger partial charge in [0.1, 0.15) is 23.1 Å². The Hall–Kier alpha value is -2.54. The molecule has 0 fully saturated rings. The lowest BCUT2D eigenvalue weighted by Crippen LogP contribution is -1.99. The number of nitrogens with zero attached hydrogens (tertiary/aromatic N) is 2. The molecular weight excluding hydrogens is 326 g/mol. The summed E-state index contributed by atoms with van der Waals surface area (Å²) in [6.45, 7) is 6.00. The quantitative estimate of drug-likeness (QED) is 0.410. The number of para-hydroxylation sites is 1. The summed E-state index contributed by atoms with van der Waals surface area (Å²) in [6.07, 6.45) is 4.91. The first-order chi connectivity index (χ1) is 11.6. The number of carboxylic acid groups (broad SMARTS) is 1. The van der Waals surface area contributed by atoms with Gasteiger partial charge in [0.2, 0.25) is 5.16 Å². The van der Waals surface area contributed by atoms with E-state index in [4.69, 9.17) is 4.74 Å². The number of rotatable bonds is 9. The summed E-state index contributed by atoms with van der Waals surface area (Å²) in [5, 5.41) is 16.7. The molecule has 2 N–H and O–H groups in total. The monoisotopic (exact) mass is 345 g/mol. The number of aromatic amines is 1. The molecule has 0 aliphatic carbocycles. The minimum atomic E-state index is -1.04. The normalized spacial score (nSPS) is 11.3. The van der Waals surface area contributed by atoms with Gasteiger partial charge in [-0.15, -0.1) is 5.10 Å². The van der Waals surface area contributed by atoms with E-state index in [-0.39, 0.29) is 4.91 Å². The van der Waals surface area contributed by atoms with Crippen molar-refractivity contribution in [1.29, 1.82) is 0 Å². The van der Waals surface area contributed by atoms with E-state index in [1.165, 1.54) is 0 Å². The molecule has 0 radical (unpaired) electrons. The van der Waals surface area contributed by atoms with Crippen LogP contribution in [0.5, 0.6) is 5.75 Å². The Balaban J connectivity index is 2.24. The molecule has 0 amide bonds. The van der Waals surface area contributed by atoms with E-state index in [1.54, 1.807) is 24.3 Å². The van der Waals surface area contributed by atoms with Gasteiger partial charge in [0.25, 0.3) is 0 Å². The van der Waals surface area contributed by atoms with Crippen LogP contribution in [0, 0.1) is 0 Å². The minimum Gasteiger partial charge on any atom is -0.489 e. The van der Waals surface area contributed by atoms with Crippen LogP contribution in [0.3, 0.4) is 0 Å². The van der Waals surface area contributed by atoms with Gasteiger partial charge in [0.05, 0.1) is 0 Å². The van der Waals surface area contributed by atoms with E-state index < -0.39 is 5.97 Å². The molecule has 1 aromatic carbocycles. The van der Waals surface area contributed by atoms with Crippen LogP contribution in [0.25, 0.3) is 6.08 Å². The van der Waals surface area contributed by atoms with Crippen LogP contribution in [0.2, 0.25) is 0 Å². The van der Waals surface area contributed by atoms with E-state index in [0.717, 1.165) is 30.4 Å². The number of hydrogen-bond donors (Lipinski definition) is 2. The van der Waals surface area contributed by atoms with E-state index in [1.807, 2.05) is 19.1 Å². The van der Waals surface area contributed by atoms with Gasteiger partial charge < -0.3 is 9.84 Å². The van der Waals surface area contributed by atoms with Crippen molar-refractivity contribution in [2.75, 3.05) is 6.61 Å². The van der Waals surface area contributed by atoms with Gasteiger partial charge in [-0.1, -0.05) is 37.8 Å². The van der Waals surface area contributed by atoms with Gasteiger partial charge in [-0.05, 0) is 30.3 Å². The molecule has 2 aromatic rings. The van der Waals surface area contributed by atoms with Gasteiger partial charge >= 0.3 is 5.97 Å². The molecule has 1 aromatic heterocycles. The van der Waals surface area contributed by atoms with Gasteiger partial charge in [0.15, 0.2) is 0 Å². The number of aromatic nitrogens is 3. The maximum atomic E-state index is 11.6. The van der Waals surface area contributed by atoms with Crippen molar-refractivity contribution < 1.29 is 14.6 Å². The highest BCUT2D eigenvalue weighted by molar-refractivity contribution is 8.04. The Morgan fingerprint density at radius 3 is 2.96 bits per heavy atom. The minimum absolute atomic E-state index is 0.117. The van der Waals surface area contributed by atoms with Crippen LogP contribution in [0.15, 0.2) is 47.0 Å². The second-order valence-corrected chi connectivity index (χ2v) is 5.88. The van der Waals surface area contributed by atoms with Crippen molar-refractivity contribution in [3.05, 3.63) is 53.2 Å². The predicted molar refractivity (Wildman–Crippen MR) is 94.0 cm³/mol. The van der Waals surface area contributed by atoms with E-state index in [2.05, 4.69) is 21.8 Å². The second kappa shape index (κ2) is 8.93. The summed E-state index contributed by atoms with van der Waals surface area (Å²) >= 11 is 1.00. The summed E-state index contributed by atoms with van der Waals surface area (Å²) in [4.78, 5) is 16.0. The zero-order chi connectivity index (χ0) is 17.4. The van der Waals surface area contributed by atoms with Gasteiger partial charge in [-0.2, -0.15) is 0 Å². The molecule has 0 bridgehead atoms. The number of aryl methyl sites for hydroxylation is 1. The van der Waals surface area contributed by atoms with Crippen LogP contribution < -0.4 is 4.74 Å². The molecule has 24 heavy (non-hydrogen) atoms. The Morgan fingerprint density at radius 2 is 2.25 bits per heavy atom. The Labute approximate surface area is 144 Å². The third-order valence-electron chi connectivity index (χ3n) is 2.97. The first-order valence-electron chi connectivity index (χ1n) is 7.51. The van der Waals surface area contributed by atoms with E-state index in [0.29, 0.717) is 23.1 Å². The molecule has 126 valence electrons. The summed E-state index contributed by atoms with van der Waals surface area (Å²) in [5.41, 5.74) is 0.675. The molecule has 6 nitrogen and oxygen atoms in total. The number of thioether (sulfide) groups is 1. The van der Waals surface area contributed by atoms with Gasteiger partial charge in [-0.3, -0.25) is 5.10 Å². The fraction of sp³-hybridized carbons (Fsp3) is 0.235. The highest BCUT2D eigenvalue weighted by Gasteiger charge is 2.14. The lowest BCUT2D eigenvalue weighted by molar-refractivity contribution is -0.131. The number of H-pyrrole nitrogens is 1. The molecule has 0 aliphatic rings. The van der Waals surface area contributed by atoms with E-state index in [9.17, 15) is 9.90 Å².